The van der Waals surface area contributed by atoms with Crippen molar-refractivity contribution in [2.24, 2.45) is 0 Å². The molecule has 2 aromatic carbocycles. The number of benzene rings is 2. The number of hydrogen-bond donors (Lipinski definition) is 2. The van der Waals surface area contributed by atoms with E-state index >= 15 is 0 Å². The normalized spacial score (nSPS) is 10.4. The van der Waals surface area contributed by atoms with E-state index in [1.54, 1.807) is 12.1 Å². The van der Waals surface area contributed by atoms with E-state index < -0.39 is 0 Å². The Morgan fingerprint density at radius 1 is 0.750 bits per heavy atom. The lowest BCUT2D eigenvalue weighted by molar-refractivity contribution is 0.0977. The van der Waals surface area contributed by atoms with Gasteiger partial charge in [-0.2, -0.15) is 0 Å². The third kappa shape index (κ3) is 10.1. The highest BCUT2D eigenvalue weighted by atomic mass is 32.1. The zero-order valence-electron chi connectivity index (χ0n) is 19.3. The van der Waals surface area contributed by atoms with Crippen LogP contribution in [0.2, 0.25) is 0 Å². The maximum absolute atomic E-state index is 12.4. The Hall–Kier alpha value is -2.60. The van der Waals surface area contributed by atoms with Crippen LogP contribution in [0.4, 0.5) is 5.69 Å². The number of carbonyl (C=O) groups is 1. The summed E-state index contributed by atoms with van der Waals surface area (Å²) >= 11 is 5.27. The summed E-state index contributed by atoms with van der Waals surface area (Å²) < 4.78 is 11.5. The lowest BCUT2D eigenvalue weighted by atomic mass is 10.2. The largest absolute Gasteiger partial charge is 0.494 e. The van der Waals surface area contributed by atoms with Gasteiger partial charge in [-0.3, -0.25) is 10.1 Å². The summed E-state index contributed by atoms with van der Waals surface area (Å²) in [7, 11) is 0. The third-order valence-electron chi connectivity index (χ3n) is 4.99. The maximum atomic E-state index is 12.4. The molecule has 0 spiro atoms. The van der Waals surface area contributed by atoms with Crippen LogP contribution in [0.15, 0.2) is 48.5 Å². The molecule has 0 saturated carbocycles. The van der Waals surface area contributed by atoms with Gasteiger partial charge >= 0.3 is 0 Å². The average Bonchev–Trinajstić information content (AvgIpc) is 2.80. The second-order valence-electron chi connectivity index (χ2n) is 7.78. The molecular formula is C26H36N2O3S. The monoisotopic (exact) mass is 456 g/mol. The topological polar surface area (TPSA) is 59.6 Å². The third-order valence-corrected chi connectivity index (χ3v) is 5.19. The van der Waals surface area contributed by atoms with Gasteiger partial charge in [-0.05, 0) is 73.6 Å². The standard InChI is InChI=1S/C26H36N2O3S/c1-3-5-7-9-19-30-23-15-11-21(12-16-23)25(29)28-26(32)27-22-13-17-24(18-14-22)31-20-10-8-6-4-2/h11-18H,3-10,19-20H2,1-2H3,(H2,27,28,29,32). The SMILES string of the molecule is CCCCCCOc1ccc(NC(=S)NC(=O)c2ccc(OCCCCCC)cc2)cc1. The summed E-state index contributed by atoms with van der Waals surface area (Å²) in [6.45, 7) is 5.81. The molecule has 0 atom stereocenters. The number of hydrogen-bond acceptors (Lipinski definition) is 4. The number of anilines is 1. The highest BCUT2D eigenvalue weighted by molar-refractivity contribution is 7.80. The van der Waals surface area contributed by atoms with Crippen LogP contribution in [0.1, 0.15) is 75.6 Å². The predicted octanol–water partition coefficient (Wildman–Crippen LogP) is 6.73. The Morgan fingerprint density at radius 2 is 1.25 bits per heavy atom. The number of ether oxygens (including phenoxy) is 2. The van der Waals surface area contributed by atoms with Crippen LogP contribution in [-0.4, -0.2) is 24.2 Å². The molecule has 5 nitrogen and oxygen atoms in total. The lowest BCUT2D eigenvalue weighted by Crippen LogP contribution is -2.34. The van der Waals surface area contributed by atoms with Crippen molar-refractivity contribution in [2.45, 2.75) is 65.2 Å². The van der Waals surface area contributed by atoms with E-state index in [0.29, 0.717) is 12.2 Å². The molecule has 0 radical (unpaired) electrons. The fraction of sp³-hybridized carbons (Fsp3) is 0.462. The summed E-state index contributed by atoms with van der Waals surface area (Å²) in [5.74, 6) is 1.34. The zero-order chi connectivity index (χ0) is 23.0. The van der Waals surface area contributed by atoms with Gasteiger partial charge in [0.15, 0.2) is 5.11 Å². The minimum absolute atomic E-state index is 0.250. The van der Waals surface area contributed by atoms with E-state index in [0.717, 1.165) is 36.6 Å². The fourth-order valence-corrected chi connectivity index (χ4v) is 3.32. The van der Waals surface area contributed by atoms with Crippen molar-refractivity contribution in [2.75, 3.05) is 18.5 Å². The Labute approximate surface area is 197 Å². The summed E-state index contributed by atoms with van der Waals surface area (Å²) in [5.41, 5.74) is 1.32. The Balaban J connectivity index is 1.72. The molecular weight excluding hydrogens is 420 g/mol. The van der Waals surface area contributed by atoms with Crippen molar-refractivity contribution in [1.29, 1.82) is 0 Å². The summed E-state index contributed by atoms with van der Waals surface area (Å²) in [4.78, 5) is 12.4. The molecule has 0 saturated heterocycles. The maximum Gasteiger partial charge on any atom is 0.257 e. The van der Waals surface area contributed by atoms with Crippen molar-refractivity contribution in [3.63, 3.8) is 0 Å². The molecule has 2 N–H and O–H groups in total. The number of thiocarbonyl (C=S) groups is 1. The molecule has 0 bridgehead atoms. The number of amides is 1. The van der Waals surface area contributed by atoms with Crippen LogP contribution < -0.4 is 20.1 Å². The van der Waals surface area contributed by atoms with Gasteiger partial charge in [0.05, 0.1) is 13.2 Å². The van der Waals surface area contributed by atoms with Crippen LogP contribution in [0, 0.1) is 0 Å². The van der Waals surface area contributed by atoms with Crippen molar-refractivity contribution < 1.29 is 14.3 Å². The van der Waals surface area contributed by atoms with Gasteiger partial charge in [-0.15, -0.1) is 0 Å². The van der Waals surface area contributed by atoms with Crippen molar-refractivity contribution >= 4 is 28.9 Å². The number of unbranched alkanes of at least 4 members (excludes halogenated alkanes) is 6. The van der Waals surface area contributed by atoms with Crippen molar-refractivity contribution in [1.82, 2.24) is 5.32 Å². The molecule has 0 aliphatic rings. The van der Waals surface area contributed by atoms with E-state index in [1.807, 2.05) is 36.4 Å². The quantitative estimate of drug-likeness (QED) is 0.244. The first-order chi connectivity index (χ1) is 15.6. The van der Waals surface area contributed by atoms with Gasteiger partial charge in [0.25, 0.3) is 5.91 Å². The highest BCUT2D eigenvalue weighted by Gasteiger charge is 2.08. The van der Waals surface area contributed by atoms with Gasteiger partial charge in [-0.25, -0.2) is 0 Å². The molecule has 6 heteroatoms. The fourth-order valence-electron chi connectivity index (χ4n) is 3.11. The van der Waals surface area contributed by atoms with Crippen molar-refractivity contribution in [3.05, 3.63) is 54.1 Å². The molecule has 0 aliphatic carbocycles. The first kappa shape index (κ1) is 25.7. The summed E-state index contributed by atoms with van der Waals surface area (Å²) in [6, 6.07) is 14.7. The van der Waals surface area contributed by atoms with Crippen LogP contribution in [0.5, 0.6) is 11.5 Å². The molecule has 1 amide bonds. The van der Waals surface area contributed by atoms with Gasteiger partial charge in [-0.1, -0.05) is 52.4 Å². The second kappa shape index (κ2) is 15.2. The van der Waals surface area contributed by atoms with E-state index in [-0.39, 0.29) is 11.0 Å². The zero-order valence-corrected chi connectivity index (χ0v) is 20.1. The van der Waals surface area contributed by atoms with Gasteiger partial charge in [0.2, 0.25) is 0 Å². The van der Waals surface area contributed by atoms with E-state index in [2.05, 4.69) is 24.5 Å². The second-order valence-corrected chi connectivity index (χ2v) is 8.18. The molecule has 174 valence electrons. The molecule has 32 heavy (non-hydrogen) atoms. The van der Waals surface area contributed by atoms with Crippen molar-refractivity contribution in [3.8, 4) is 11.5 Å². The van der Waals surface area contributed by atoms with E-state index in [9.17, 15) is 4.79 Å². The Bertz CT molecular complexity index is 807. The van der Waals surface area contributed by atoms with Crippen LogP contribution in [0.25, 0.3) is 0 Å². The molecule has 0 heterocycles. The first-order valence-electron chi connectivity index (χ1n) is 11.7. The van der Waals surface area contributed by atoms with Gasteiger partial charge in [0.1, 0.15) is 11.5 Å². The molecule has 0 aliphatic heterocycles. The van der Waals surface area contributed by atoms with E-state index in [1.165, 1.54) is 38.5 Å². The summed E-state index contributed by atoms with van der Waals surface area (Å²) in [6.07, 6.45) is 9.38. The molecule has 0 unspecified atom stereocenters. The number of nitrogens with one attached hydrogen (secondary N) is 2. The summed E-state index contributed by atoms with van der Waals surface area (Å²) in [5, 5.41) is 5.99. The van der Waals surface area contributed by atoms with Crippen LogP contribution in [-0.2, 0) is 0 Å². The number of carbonyl (C=O) groups excluding carboxylic acids is 1. The smallest absolute Gasteiger partial charge is 0.257 e. The highest BCUT2D eigenvalue weighted by Crippen LogP contribution is 2.17. The van der Waals surface area contributed by atoms with Crippen LogP contribution >= 0.6 is 12.2 Å². The van der Waals surface area contributed by atoms with Crippen LogP contribution in [0.3, 0.4) is 0 Å². The molecule has 2 rings (SSSR count). The van der Waals surface area contributed by atoms with Gasteiger partial charge < -0.3 is 14.8 Å². The molecule has 0 fully saturated rings. The molecule has 0 aromatic heterocycles. The molecule has 2 aromatic rings. The Kier molecular flexibility index (Phi) is 12.2. The minimum atomic E-state index is -0.260. The lowest BCUT2D eigenvalue weighted by Gasteiger charge is -2.11. The predicted molar refractivity (Wildman–Crippen MR) is 136 cm³/mol. The minimum Gasteiger partial charge on any atom is -0.494 e. The Morgan fingerprint density at radius 3 is 1.75 bits per heavy atom. The first-order valence-corrected chi connectivity index (χ1v) is 12.1. The average molecular weight is 457 g/mol. The van der Waals surface area contributed by atoms with Gasteiger partial charge in [0, 0.05) is 11.3 Å². The van der Waals surface area contributed by atoms with E-state index in [4.69, 9.17) is 21.7 Å². The number of rotatable bonds is 14.